The minimum absolute atomic E-state index is 0.608. The van der Waals surface area contributed by atoms with E-state index in [-0.39, 0.29) is 0 Å². The summed E-state index contributed by atoms with van der Waals surface area (Å²) in [5, 5.41) is 11.7. The lowest BCUT2D eigenvalue weighted by Gasteiger charge is -2.08. The number of nitrogens with one attached hydrogen (secondary N) is 1. The van der Waals surface area contributed by atoms with Gasteiger partial charge in [-0.2, -0.15) is 5.26 Å². The Kier molecular flexibility index (Phi) is 4.48. The molecule has 0 radical (unpaired) electrons. The van der Waals surface area contributed by atoms with Crippen LogP contribution in [0.5, 0.6) is 0 Å². The first-order valence-corrected chi connectivity index (χ1v) is 5.40. The van der Waals surface area contributed by atoms with E-state index in [9.17, 15) is 0 Å². The monoisotopic (exact) mass is 252 g/mol. The lowest BCUT2D eigenvalue weighted by atomic mass is 10.2. The molecule has 1 aromatic carbocycles. The molecule has 0 saturated carbocycles. The van der Waals surface area contributed by atoms with E-state index < -0.39 is 0 Å². The highest BCUT2D eigenvalue weighted by molar-refractivity contribution is 9.10. The summed E-state index contributed by atoms with van der Waals surface area (Å²) in [6.07, 6.45) is 1.49. The van der Waals surface area contributed by atoms with Crippen LogP contribution in [-0.4, -0.2) is 6.54 Å². The number of hydrogen-bond acceptors (Lipinski definition) is 2. The molecule has 1 aromatic rings. The number of nitriles is 1. The van der Waals surface area contributed by atoms with Crippen molar-refractivity contribution in [3.63, 3.8) is 0 Å². The van der Waals surface area contributed by atoms with E-state index in [0.717, 1.165) is 23.1 Å². The summed E-state index contributed by atoms with van der Waals surface area (Å²) < 4.78 is 1.07. The van der Waals surface area contributed by atoms with E-state index in [2.05, 4.69) is 46.4 Å². The number of benzene rings is 1. The second-order valence-corrected chi connectivity index (χ2v) is 4.03. The molecule has 0 aliphatic heterocycles. The summed E-state index contributed by atoms with van der Waals surface area (Å²) in [4.78, 5) is 0. The first-order chi connectivity index (χ1) is 6.74. The van der Waals surface area contributed by atoms with Gasteiger partial charge in [0.2, 0.25) is 0 Å². The van der Waals surface area contributed by atoms with Gasteiger partial charge in [0.05, 0.1) is 6.07 Å². The fourth-order valence-corrected chi connectivity index (χ4v) is 1.55. The van der Waals surface area contributed by atoms with Gasteiger partial charge in [0.15, 0.2) is 0 Å². The van der Waals surface area contributed by atoms with Crippen molar-refractivity contribution in [1.29, 1.82) is 5.26 Å². The highest BCUT2D eigenvalue weighted by atomic mass is 79.9. The van der Waals surface area contributed by atoms with Crippen molar-refractivity contribution in [2.45, 2.75) is 19.8 Å². The van der Waals surface area contributed by atoms with Crippen molar-refractivity contribution < 1.29 is 0 Å². The number of rotatable bonds is 4. The van der Waals surface area contributed by atoms with Crippen molar-refractivity contribution >= 4 is 21.6 Å². The van der Waals surface area contributed by atoms with E-state index in [4.69, 9.17) is 5.26 Å². The first-order valence-electron chi connectivity index (χ1n) is 4.61. The molecule has 1 rings (SSSR count). The minimum atomic E-state index is 0.608. The van der Waals surface area contributed by atoms with Gasteiger partial charge in [-0.15, -0.1) is 0 Å². The molecule has 0 bridgehead atoms. The van der Waals surface area contributed by atoms with Gasteiger partial charge in [-0.3, -0.25) is 0 Å². The summed E-state index contributed by atoms with van der Waals surface area (Å²) in [5.74, 6) is 0. The van der Waals surface area contributed by atoms with E-state index in [1.54, 1.807) is 0 Å². The maximum Gasteiger partial charge on any atom is 0.0622 e. The smallest absolute Gasteiger partial charge is 0.0622 e. The summed E-state index contributed by atoms with van der Waals surface area (Å²) in [5.41, 5.74) is 2.33. The second kappa shape index (κ2) is 5.66. The molecular weight excluding hydrogens is 240 g/mol. The Bertz CT molecular complexity index is 342. The number of hydrogen-bond donors (Lipinski definition) is 1. The Labute approximate surface area is 93.1 Å². The Morgan fingerprint density at radius 2 is 2.29 bits per heavy atom. The van der Waals surface area contributed by atoms with Gasteiger partial charge < -0.3 is 5.32 Å². The van der Waals surface area contributed by atoms with Crippen LogP contribution in [0.1, 0.15) is 18.4 Å². The molecule has 0 amide bonds. The van der Waals surface area contributed by atoms with Crippen LogP contribution in [0.15, 0.2) is 22.7 Å². The van der Waals surface area contributed by atoms with Crippen LogP contribution in [0, 0.1) is 18.3 Å². The fraction of sp³-hybridized carbons (Fsp3) is 0.364. The SMILES string of the molecule is Cc1ccc(Br)c(NCCCC#N)c1. The number of nitrogens with zero attached hydrogens (tertiary/aromatic N) is 1. The van der Waals surface area contributed by atoms with Crippen molar-refractivity contribution in [3.05, 3.63) is 28.2 Å². The number of halogens is 1. The molecule has 0 fully saturated rings. The van der Waals surface area contributed by atoms with Crippen LogP contribution in [0.25, 0.3) is 0 Å². The molecule has 0 unspecified atom stereocenters. The molecule has 74 valence electrons. The van der Waals surface area contributed by atoms with Gasteiger partial charge in [0, 0.05) is 23.1 Å². The van der Waals surface area contributed by atoms with E-state index in [1.807, 2.05) is 6.07 Å². The first kappa shape index (κ1) is 11.1. The van der Waals surface area contributed by atoms with E-state index >= 15 is 0 Å². The van der Waals surface area contributed by atoms with Crippen LogP contribution in [0.3, 0.4) is 0 Å². The molecular formula is C11H13BrN2. The minimum Gasteiger partial charge on any atom is -0.384 e. The van der Waals surface area contributed by atoms with Crippen molar-refractivity contribution in [2.75, 3.05) is 11.9 Å². The van der Waals surface area contributed by atoms with E-state index in [1.165, 1.54) is 5.56 Å². The molecule has 0 atom stereocenters. The third-order valence-electron chi connectivity index (χ3n) is 1.90. The van der Waals surface area contributed by atoms with Crippen LogP contribution in [-0.2, 0) is 0 Å². The molecule has 0 spiro atoms. The summed E-state index contributed by atoms with van der Waals surface area (Å²) >= 11 is 3.47. The quantitative estimate of drug-likeness (QED) is 0.834. The molecule has 0 aromatic heterocycles. The molecule has 2 nitrogen and oxygen atoms in total. The third-order valence-corrected chi connectivity index (χ3v) is 2.59. The van der Waals surface area contributed by atoms with Gasteiger partial charge in [-0.1, -0.05) is 6.07 Å². The van der Waals surface area contributed by atoms with Gasteiger partial charge in [-0.05, 0) is 47.0 Å². The van der Waals surface area contributed by atoms with Crippen LogP contribution >= 0.6 is 15.9 Å². The number of aryl methyl sites for hydroxylation is 1. The van der Waals surface area contributed by atoms with Gasteiger partial charge in [0.25, 0.3) is 0 Å². The number of unbranched alkanes of at least 4 members (excludes halogenated alkanes) is 1. The molecule has 14 heavy (non-hydrogen) atoms. The number of anilines is 1. The Hall–Kier alpha value is -1.01. The Balaban J connectivity index is 2.50. The Morgan fingerprint density at radius 3 is 3.00 bits per heavy atom. The average Bonchev–Trinajstić information content (AvgIpc) is 2.18. The molecule has 0 heterocycles. The summed E-state index contributed by atoms with van der Waals surface area (Å²) in [7, 11) is 0. The normalized spacial score (nSPS) is 9.50. The Morgan fingerprint density at radius 1 is 1.50 bits per heavy atom. The fourth-order valence-electron chi connectivity index (χ4n) is 1.17. The zero-order valence-electron chi connectivity index (χ0n) is 8.18. The van der Waals surface area contributed by atoms with Gasteiger partial charge >= 0.3 is 0 Å². The lowest BCUT2D eigenvalue weighted by Crippen LogP contribution is -2.01. The molecule has 1 N–H and O–H groups in total. The topological polar surface area (TPSA) is 35.8 Å². The predicted molar refractivity (Wildman–Crippen MR) is 62.2 cm³/mol. The second-order valence-electron chi connectivity index (χ2n) is 3.17. The van der Waals surface area contributed by atoms with Crippen molar-refractivity contribution in [3.8, 4) is 6.07 Å². The van der Waals surface area contributed by atoms with Crippen LogP contribution in [0.2, 0.25) is 0 Å². The van der Waals surface area contributed by atoms with Gasteiger partial charge in [0.1, 0.15) is 0 Å². The lowest BCUT2D eigenvalue weighted by molar-refractivity contribution is 0.897. The molecule has 0 aliphatic rings. The van der Waals surface area contributed by atoms with Crippen LogP contribution < -0.4 is 5.32 Å². The zero-order chi connectivity index (χ0) is 10.4. The van der Waals surface area contributed by atoms with Gasteiger partial charge in [-0.25, -0.2) is 0 Å². The maximum atomic E-state index is 8.38. The summed E-state index contributed by atoms with van der Waals surface area (Å²) in [6.45, 7) is 2.91. The zero-order valence-corrected chi connectivity index (χ0v) is 9.76. The predicted octanol–water partition coefficient (Wildman–Crippen LogP) is 3.47. The largest absolute Gasteiger partial charge is 0.384 e. The van der Waals surface area contributed by atoms with Crippen molar-refractivity contribution in [2.24, 2.45) is 0 Å². The third kappa shape index (κ3) is 3.39. The van der Waals surface area contributed by atoms with Crippen molar-refractivity contribution in [1.82, 2.24) is 0 Å². The van der Waals surface area contributed by atoms with Crippen LogP contribution in [0.4, 0.5) is 5.69 Å². The summed E-state index contributed by atoms with van der Waals surface area (Å²) in [6, 6.07) is 8.31. The maximum absolute atomic E-state index is 8.38. The standard InChI is InChI=1S/C11H13BrN2/c1-9-4-5-10(12)11(8-9)14-7-3-2-6-13/h4-5,8,14H,2-3,7H2,1H3. The highest BCUT2D eigenvalue weighted by Gasteiger charge is 1.98. The van der Waals surface area contributed by atoms with E-state index in [0.29, 0.717) is 6.42 Å². The average molecular weight is 253 g/mol. The molecule has 3 heteroatoms. The highest BCUT2D eigenvalue weighted by Crippen LogP contribution is 2.23. The molecule has 0 saturated heterocycles. The molecule has 0 aliphatic carbocycles.